The number of hydrogen-bond donors (Lipinski definition) is 1. The molecule has 3 rings (SSSR count). The Balaban J connectivity index is 1.64. The van der Waals surface area contributed by atoms with Crippen LogP contribution in [0.15, 0.2) is 18.2 Å². The number of sulfonamides is 1. The van der Waals surface area contributed by atoms with Gasteiger partial charge in [-0.2, -0.15) is 0 Å². The Morgan fingerprint density at radius 2 is 2.04 bits per heavy atom. The number of rotatable bonds is 5. The highest BCUT2D eigenvalue weighted by Crippen LogP contribution is 2.32. The van der Waals surface area contributed by atoms with Crippen molar-refractivity contribution in [1.29, 1.82) is 0 Å². The monoisotopic (exact) mass is 382 g/mol. The quantitative estimate of drug-likeness (QED) is 0.838. The molecule has 0 saturated carbocycles. The third-order valence-corrected chi connectivity index (χ3v) is 6.79. The van der Waals surface area contributed by atoms with Crippen LogP contribution in [0.1, 0.15) is 38.3 Å². The van der Waals surface area contributed by atoms with Gasteiger partial charge in [0.2, 0.25) is 15.9 Å². The molecule has 1 aromatic carbocycles. The highest BCUT2D eigenvalue weighted by atomic mass is 32.2. The maximum Gasteiger partial charge on any atom is 0.224 e. The molecule has 1 saturated heterocycles. The number of nitrogens with one attached hydrogen (secondary N) is 1. The van der Waals surface area contributed by atoms with Crippen molar-refractivity contribution in [3.05, 3.63) is 23.8 Å². The maximum absolute atomic E-state index is 12.6. The molecule has 144 valence electrons. The van der Waals surface area contributed by atoms with Crippen LogP contribution in [-0.2, 0) is 14.8 Å². The van der Waals surface area contributed by atoms with Crippen LogP contribution in [0.3, 0.4) is 0 Å². The predicted molar refractivity (Wildman–Crippen MR) is 97.7 cm³/mol. The maximum atomic E-state index is 12.6. The third kappa shape index (κ3) is 4.12. The number of fused-ring (bicyclic) bond motifs is 1. The van der Waals surface area contributed by atoms with Crippen LogP contribution in [0.2, 0.25) is 0 Å². The first kappa shape index (κ1) is 19.0. The summed E-state index contributed by atoms with van der Waals surface area (Å²) in [5.41, 5.74) is 0.927. The van der Waals surface area contributed by atoms with Crippen molar-refractivity contribution >= 4 is 15.9 Å². The molecule has 1 aromatic rings. The molecular weight excluding hydrogens is 356 g/mol. The molecule has 26 heavy (non-hydrogen) atoms. The molecular formula is C18H26N2O5S. The number of amides is 1. The Kier molecular flexibility index (Phi) is 5.72. The average molecular weight is 382 g/mol. The normalized spacial score (nSPS) is 21.8. The molecule has 7 nitrogen and oxygen atoms in total. The van der Waals surface area contributed by atoms with Gasteiger partial charge in [-0.15, -0.1) is 0 Å². The Bertz CT molecular complexity index is 765. The van der Waals surface area contributed by atoms with E-state index in [1.165, 1.54) is 4.31 Å². The van der Waals surface area contributed by atoms with Crippen LogP contribution in [0.5, 0.6) is 11.5 Å². The van der Waals surface area contributed by atoms with Crippen molar-refractivity contribution in [3.63, 3.8) is 0 Å². The van der Waals surface area contributed by atoms with Gasteiger partial charge in [-0.05, 0) is 44.4 Å². The molecule has 0 aliphatic carbocycles. The zero-order valence-corrected chi connectivity index (χ0v) is 16.0. The highest BCUT2D eigenvalue weighted by molar-refractivity contribution is 7.89. The highest BCUT2D eigenvalue weighted by Gasteiger charge is 2.32. The second-order valence-electron chi connectivity index (χ2n) is 6.73. The van der Waals surface area contributed by atoms with Crippen molar-refractivity contribution in [1.82, 2.24) is 9.62 Å². The summed E-state index contributed by atoms with van der Waals surface area (Å²) in [6, 6.07) is 5.45. The van der Waals surface area contributed by atoms with Gasteiger partial charge in [0.25, 0.3) is 0 Å². The summed E-state index contributed by atoms with van der Waals surface area (Å²) >= 11 is 0. The van der Waals surface area contributed by atoms with E-state index in [2.05, 4.69) is 5.32 Å². The minimum Gasteiger partial charge on any atom is -0.486 e. The summed E-state index contributed by atoms with van der Waals surface area (Å²) in [5.74, 6) is 1.04. The Morgan fingerprint density at radius 1 is 1.31 bits per heavy atom. The topological polar surface area (TPSA) is 84.9 Å². The Morgan fingerprint density at radius 3 is 2.77 bits per heavy atom. The molecule has 2 atom stereocenters. The zero-order chi connectivity index (χ0) is 18.7. The SMILES string of the molecule is CCS(=O)(=O)N1CCC[C@H](C(=O)N[C@H](C)c2ccc3c(c2)OCCO3)C1. The Labute approximate surface area is 154 Å². The number of benzene rings is 1. The second-order valence-corrected chi connectivity index (χ2v) is 8.99. The predicted octanol–water partition coefficient (Wildman–Crippen LogP) is 1.70. The molecule has 2 aliphatic rings. The van der Waals surface area contributed by atoms with E-state index in [0.29, 0.717) is 44.1 Å². The van der Waals surface area contributed by atoms with E-state index >= 15 is 0 Å². The minimum atomic E-state index is -3.26. The fourth-order valence-corrected chi connectivity index (χ4v) is 4.51. The molecule has 0 unspecified atom stereocenters. The number of piperidine rings is 1. The summed E-state index contributed by atoms with van der Waals surface area (Å²) < 4.78 is 36.7. The first-order chi connectivity index (χ1) is 12.4. The first-order valence-corrected chi connectivity index (χ1v) is 10.7. The minimum absolute atomic E-state index is 0.0644. The van der Waals surface area contributed by atoms with Gasteiger partial charge in [0.15, 0.2) is 11.5 Å². The molecule has 0 bridgehead atoms. The average Bonchev–Trinajstić information content (AvgIpc) is 2.67. The summed E-state index contributed by atoms with van der Waals surface area (Å²) in [5, 5.41) is 3.01. The first-order valence-electron chi connectivity index (χ1n) is 9.08. The van der Waals surface area contributed by atoms with E-state index in [9.17, 15) is 13.2 Å². The molecule has 0 aromatic heterocycles. The van der Waals surface area contributed by atoms with Gasteiger partial charge in [0, 0.05) is 13.1 Å². The van der Waals surface area contributed by atoms with Crippen LogP contribution in [-0.4, -0.2) is 50.7 Å². The van der Waals surface area contributed by atoms with Crippen LogP contribution in [0, 0.1) is 5.92 Å². The fourth-order valence-electron chi connectivity index (χ4n) is 3.34. The molecule has 1 N–H and O–H groups in total. The smallest absolute Gasteiger partial charge is 0.224 e. The van der Waals surface area contributed by atoms with Crippen molar-refractivity contribution < 1.29 is 22.7 Å². The number of carbonyl (C=O) groups is 1. The molecule has 1 fully saturated rings. The van der Waals surface area contributed by atoms with Crippen LogP contribution < -0.4 is 14.8 Å². The van der Waals surface area contributed by atoms with Crippen LogP contribution in [0.25, 0.3) is 0 Å². The summed E-state index contributed by atoms with van der Waals surface area (Å²) in [6.07, 6.45) is 1.41. The molecule has 8 heteroatoms. The van der Waals surface area contributed by atoms with Gasteiger partial charge in [-0.3, -0.25) is 4.79 Å². The van der Waals surface area contributed by atoms with Gasteiger partial charge >= 0.3 is 0 Å². The van der Waals surface area contributed by atoms with E-state index in [1.54, 1.807) is 6.92 Å². The number of nitrogens with zero attached hydrogens (tertiary/aromatic N) is 1. The third-order valence-electron chi connectivity index (χ3n) is 4.94. The van der Waals surface area contributed by atoms with Crippen molar-refractivity contribution in [2.24, 2.45) is 5.92 Å². The van der Waals surface area contributed by atoms with E-state index in [-0.39, 0.29) is 30.2 Å². The molecule has 2 heterocycles. The van der Waals surface area contributed by atoms with Crippen LogP contribution >= 0.6 is 0 Å². The van der Waals surface area contributed by atoms with Crippen molar-refractivity contribution in [2.75, 3.05) is 32.1 Å². The van der Waals surface area contributed by atoms with Gasteiger partial charge in [0.1, 0.15) is 13.2 Å². The van der Waals surface area contributed by atoms with Crippen LogP contribution in [0.4, 0.5) is 0 Å². The lowest BCUT2D eigenvalue weighted by Gasteiger charge is -2.31. The fraction of sp³-hybridized carbons (Fsp3) is 0.611. The summed E-state index contributed by atoms with van der Waals surface area (Å²) in [7, 11) is -3.26. The van der Waals surface area contributed by atoms with Gasteiger partial charge in [0.05, 0.1) is 17.7 Å². The largest absolute Gasteiger partial charge is 0.486 e. The van der Waals surface area contributed by atoms with Gasteiger partial charge < -0.3 is 14.8 Å². The number of hydrogen-bond acceptors (Lipinski definition) is 5. The molecule has 1 amide bonds. The lowest BCUT2D eigenvalue weighted by molar-refractivity contribution is -0.126. The summed E-state index contributed by atoms with van der Waals surface area (Å²) in [4.78, 5) is 12.6. The van der Waals surface area contributed by atoms with Crippen molar-refractivity contribution in [2.45, 2.75) is 32.7 Å². The van der Waals surface area contributed by atoms with E-state index in [1.807, 2.05) is 25.1 Å². The number of carbonyl (C=O) groups excluding carboxylic acids is 1. The zero-order valence-electron chi connectivity index (χ0n) is 15.2. The summed E-state index contributed by atoms with van der Waals surface area (Å²) in [6.45, 7) is 5.35. The molecule has 2 aliphatic heterocycles. The molecule has 0 spiro atoms. The van der Waals surface area contributed by atoms with E-state index in [0.717, 1.165) is 5.56 Å². The lowest BCUT2D eigenvalue weighted by Crippen LogP contribution is -2.46. The number of ether oxygens (including phenoxy) is 2. The van der Waals surface area contributed by atoms with Crippen molar-refractivity contribution in [3.8, 4) is 11.5 Å². The second kappa shape index (κ2) is 7.84. The van der Waals surface area contributed by atoms with E-state index in [4.69, 9.17) is 9.47 Å². The standard InChI is InChI=1S/C18H26N2O5S/c1-3-26(22,23)20-8-4-5-15(12-20)18(21)19-13(2)14-6-7-16-17(11-14)25-10-9-24-16/h6-7,11,13,15H,3-5,8-10,12H2,1-2H3,(H,19,21)/t13-,15+/m1/s1. The Hall–Kier alpha value is -1.80. The van der Waals surface area contributed by atoms with Gasteiger partial charge in [-0.1, -0.05) is 6.07 Å². The van der Waals surface area contributed by atoms with E-state index < -0.39 is 10.0 Å². The lowest BCUT2D eigenvalue weighted by atomic mass is 9.97. The molecule has 0 radical (unpaired) electrons. The van der Waals surface area contributed by atoms with Gasteiger partial charge in [-0.25, -0.2) is 12.7 Å².